The van der Waals surface area contributed by atoms with Crippen molar-refractivity contribution in [2.75, 3.05) is 37.9 Å². The van der Waals surface area contributed by atoms with E-state index in [0.717, 1.165) is 9.37 Å². The van der Waals surface area contributed by atoms with E-state index in [4.69, 9.17) is 4.74 Å². The number of carbonyl (C=O) groups is 2. The number of likely N-dealkylation sites (N-methyl/N-ethyl adjacent to an activating group) is 1. The normalized spacial score (nSPS) is 11.5. The predicted octanol–water partition coefficient (Wildman–Crippen LogP) is 1.55. The van der Waals surface area contributed by atoms with Crippen LogP contribution in [0, 0.1) is 0 Å². The van der Waals surface area contributed by atoms with Gasteiger partial charge < -0.3 is 20.3 Å². The second-order valence-electron chi connectivity index (χ2n) is 5.65. The summed E-state index contributed by atoms with van der Waals surface area (Å²) in [7, 11) is 3.37. The molecular weight excluding hydrogens is 386 g/mol. The minimum absolute atomic E-state index is 0.148. The molecule has 0 aromatic heterocycles. The third-order valence-electron chi connectivity index (χ3n) is 3.39. The summed E-state index contributed by atoms with van der Waals surface area (Å²) in [5, 5.41) is 5.61. The van der Waals surface area contributed by atoms with Crippen molar-refractivity contribution >= 4 is 39.1 Å². The molecule has 0 aliphatic rings. The minimum atomic E-state index is -0.166. The number of hydrogen-bond donors (Lipinski definition) is 3. The van der Waals surface area contributed by atoms with Crippen LogP contribution in [0.5, 0.6) is 5.75 Å². The molecule has 0 aliphatic heterocycles. The second kappa shape index (κ2) is 9.19. The molecule has 2 aromatic rings. The van der Waals surface area contributed by atoms with Gasteiger partial charge in [-0.25, -0.2) is 0 Å². The average Bonchev–Trinajstić information content (AvgIpc) is 2.54. The van der Waals surface area contributed by atoms with Gasteiger partial charge in [-0.15, -0.1) is 0 Å². The molecule has 0 aliphatic carbocycles. The van der Waals surface area contributed by atoms with Gasteiger partial charge in [0.2, 0.25) is 0 Å². The number of halogens is 1. The second-order valence-corrected chi connectivity index (χ2v) is 6.56. The van der Waals surface area contributed by atoms with Gasteiger partial charge in [-0.2, -0.15) is 0 Å². The van der Waals surface area contributed by atoms with E-state index in [1.807, 2.05) is 24.3 Å². The number of ether oxygens (including phenoxy) is 1. The van der Waals surface area contributed by atoms with E-state index in [1.54, 1.807) is 38.4 Å². The lowest BCUT2D eigenvalue weighted by Crippen LogP contribution is -3.11. The Morgan fingerprint density at radius 3 is 2.12 bits per heavy atom. The highest BCUT2D eigenvalue weighted by molar-refractivity contribution is 9.10. The number of amides is 2. The number of anilines is 2. The highest BCUT2D eigenvalue weighted by atomic mass is 79.9. The molecule has 7 heteroatoms. The van der Waals surface area contributed by atoms with Crippen LogP contribution < -0.4 is 20.3 Å². The first kappa shape index (κ1) is 19.0. The lowest BCUT2D eigenvalue weighted by Gasteiger charge is -2.14. The Kier molecular flexibility index (Phi) is 6.97. The van der Waals surface area contributed by atoms with Crippen molar-refractivity contribution in [1.82, 2.24) is 0 Å². The highest BCUT2D eigenvalue weighted by Gasteiger charge is 2.14. The monoisotopic (exact) mass is 406 g/mol. The van der Waals surface area contributed by atoms with Gasteiger partial charge in [0.05, 0.1) is 14.2 Å². The van der Waals surface area contributed by atoms with E-state index in [1.165, 1.54) is 0 Å². The van der Waals surface area contributed by atoms with Crippen LogP contribution in [-0.2, 0) is 9.59 Å². The van der Waals surface area contributed by atoms with E-state index in [9.17, 15) is 9.59 Å². The van der Waals surface area contributed by atoms with E-state index >= 15 is 0 Å². The van der Waals surface area contributed by atoms with Crippen LogP contribution in [0.2, 0.25) is 0 Å². The molecule has 1 atom stereocenters. The van der Waals surface area contributed by atoms with Crippen LogP contribution in [0.3, 0.4) is 0 Å². The van der Waals surface area contributed by atoms with Gasteiger partial charge in [0.25, 0.3) is 11.8 Å². The van der Waals surface area contributed by atoms with Crippen LogP contribution in [0.15, 0.2) is 53.0 Å². The van der Waals surface area contributed by atoms with Crippen molar-refractivity contribution in [2.24, 2.45) is 0 Å². The molecule has 0 saturated heterocycles. The first-order chi connectivity index (χ1) is 12.0. The number of benzene rings is 2. The standard InChI is InChI=1S/C18H20BrN3O3/c1-22(11-17(23)20-14-6-3-5-13(19)9-14)12-18(24)21-15-7-4-8-16(10-15)25-2/h3-10H,11-12H2,1-2H3,(H,20,23)(H,21,24)/p+1. The quantitative estimate of drug-likeness (QED) is 0.653. The molecule has 2 amide bonds. The van der Waals surface area contributed by atoms with Crippen LogP contribution >= 0.6 is 15.9 Å². The smallest absolute Gasteiger partial charge is 0.279 e. The first-order valence-corrected chi connectivity index (χ1v) is 8.56. The van der Waals surface area contributed by atoms with E-state index in [2.05, 4.69) is 26.6 Å². The Bertz CT molecular complexity index is 752. The number of nitrogens with one attached hydrogen (secondary N) is 3. The highest BCUT2D eigenvalue weighted by Crippen LogP contribution is 2.16. The molecule has 0 spiro atoms. The van der Waals surface area contributed by atoms with Gasteiger partial charge in [-0.05, 0) is 30.3 Å². The van der Waals surface area contributed by atoms with Crippen molar-refractivity contribution in [1.29, 1.82) is 0 Å². The molecule has 2 aromatic carbocycles. The Hall–Kier alpha value is -2.38. The van der Waals surface area contributed by atoms with Crippen LogP contribution in [0.1, 0.15) is 0 Å². The number of hydrogen-bond acceptors (Lipinski definition) is 3. The third-order valence-corrected chi connectivity index (χ3v) is 3.88. The molecule has 0 fully saturated rings. The Balaban J connectivity index is 1.81. The number of carbonyl (C=O) groups excluding carboxylic acids is 2. The van der Waals surface area contributed by atoms with Crippen molar-refractivity contribution in [3.8, 4) is 5.75 Å². The van der Waals surface area contributed by atoms with Crippen molar-refractivity contribution in [3.63, 3.8) is 0 Å². The minimum Gasteiger partial charge on any atom is -0.497 e. The van der Waals surface area contributed by atoms with Gasteiger partial charge >= 0.3 is 0 Å². The summed E-state index contributed by atoms with van der Waals surface area (Å²) in [6.07, 6.45) is 0. The zero-order valence-electron chi connectivity index (χ0n) is 14.1. The Morgan fingerprint density at radius 2 is 1.56 bits per heavy atom. The van der Waals surface area contributed by atoms with Gasteiger partial charge in [0, 0.05) is 21.9 Å². The fraction of sp³-hybridized carbons (Fsp3) is 0.222. The molecule has 0 radical (unpaired) electrons. The van der Waals surface area contributed by atoms with Crippen molar-refractivity contribution in [2.45, 2.75) is 0 Å². The third kappa shape index (κ3) is 6.56. The summed E-state index contributed by atoms with van der Waals surface area (Å²) in [5.74, 6) is 0.359. The lowest BCUT2D eigenvalue weighted by atomic mass is 10.3. The van der Waals surface area contributed by atoms with Crippen LogP contribution in [-0.4, -0.2) is 39.1 Å². The maximum Gasteiger partial charge on any atom is 0.279 e. The largest absolute Gasteiger partial charge is 0.497 e. The fourth-order valence-electron chi connectivity index (χ4n) is 2.29. The average molecular weight is 407 g/mol. The first-order valence-electron chi connectivity index (χ1n) is 7.77. The summed E-state index contributed by atoms with van der Waals surface area (Å²) in [6.45, 7) is 0.376. The maximum absolute atomic E-state index is 12.1. The number of methoxy groups -OCH3 is 1. The lowest BCUT2D eigenvalue weighted by molar-refractivity contribution is -0.862. The Morgan fingerprint density at radius 1 is 1.00 bits per heavy atom. The summed E-state index contributed by atoms with van der Waals surface area (Å²) >= 11 is 3.36. The summed E-state index contributed by atoms with van der Waals surface area (Å²) in [6, 6.07) is 14.5. The summed E-state index contributed by atoms with van der Waals surface area (Å²) in [4.78, 5) is 24.9. The Labute approximate surface area is 155 Å². The summed E-state index contributed by atoms with van der Waals surface area (Å²) < 4.78 is 6.01. The van der Waals surface area contributed by atoms with Gasteiger partial charge in [0.1, 0.15) is 5.75 Å². The molecule has 3 N–H and O–H groups in total. The zero-order valence-corrected chi connectivity index (χ0v) is 15.7. The van der Waals surface area contributed by atoms with Crippen LogP contribution in [0.25, 0.3) is 0 Å². The molecule has 132 valence electrons. The van der Waals surface area contributed by atoms with Gasteiger partial charge in [-0.1, -0.05) is 28.1 Å². The maximum atomic E-state index is 12.1. The van der Waals surface area contributed by atoms with Crippen molar-refractivity contribution in [3.05, 3.63) is 53.0 Å². The molecule has 2 rings (SSSR count). The van der Waals surface area contributed by atoms with E-state index in [0.29, 0.717) is 17.1 Å². The van der Waals surface area contributed by atoms with E-state index < -0.39 is 0 Å². The zero-order chi connectivity index (χ0) is 18.2. The fourth-order valence-corrected chi connectivity index (χ4v) is 2.69. The molecular formula is C18H21BrN3O3+. The van der Waals surface area contributed by atoms with Crippen molar-refractivity contribution < 1.29 is 19.2 Å². The molecule has 1 unspecified atom stereocenters. The molecule has 0 bridgehead atoms. The molecule has 0 saturated carbocycles. The SMILES string of the molecule is COc1cccc(NC(=O)C[NH+](C)CC(=O)Nc2cccc(Br)c2)c1. The topological polar surface area (TPSA) is 71.9 Å². The predicted molar refractivity (Wildman–Crippen MR) is 101 cm³/mol. The van der Waals surface area contributed by atoms with E-state index in [-0.39, 0.29) is 24.9 Å². The molecule has 0 heterocycles. The van der Waals surface area contributed by atoms with Gasteiger partial charge in [0.15, 0.2) is 13.1 Å². The molecule has 25 heavy (non-hydrogen) atoms. The number of quaternary nitrogens is 1. The molecule has 6 nitrogen and oxygen atoms in total. The summed E-state index contributed by atoms with van der Waals surface area (Å²) in [5.41, 5.74) is 1.38. The number of rotatable bonds is 7. The van der Waals surface area contributed by atoms with Crippen LogP contribution in [0.4, 0.5) is 11.4 Å². The van der Waals surface area contributed by atoms with Gasteiger partial charge in [-0.3, -0.25) is 9.59 Å².